The van der Waals surface area contributed by atoms with Crippen molar-refractivity contribution in [1.29, 1.82) is 0 Å². The molecule has 1 atom stereocenters. The van der Waals surface area contributed by atoms with Crippen LogP contribution in [0.15, 0.2) is 10.5 Å². The Kier molecular flexibility index (Phi) is 4.36. The van der Waals surface area contributed by atoms with E-state index in [1.807, 2.05) is 17.9 Å². The molecule has 0 bridgehead atoms. The van der Waals surface area contributed by atoms with Crippen molar-refractivity contribution in [2.75, 3.05) is 19.6 Å². The SMILES string of the molecule is Cc1oc(C(C)C)cc1C(=O)N1CCC[C@]2(CCC(=O)N(C3CC3)C2)C1. The molecule has 0 N–H and O–H groups in total. The molecule has 2 aliphatic heterocycles. The van der Waals surface area contributed by atoms with Crippen molar-refractivity contribution >= 4 is 11.8 Å². The molecule has 142 valence electrons. The van der Waals surface area contributed by atoms with Gasteiger partial charge in [0.15, 0.2) is 0 Å². The van der Waals surface area contributed by atoms with Gasteiger partial charge in [-0.25, -0.2) is 0 Å². The van der Waals surface area contributed by atoms with Crippen LogP contribution in [0.25, 0.3) is 0 Å². The lowest BCUT2D eigenvalue weighted by Crippen LogP contribution is -2.55. The van der Waals surface area contributed by atoms with E-state index in [2.05, 4.69) is 18.7 Å². The molecule has 3 heterocycles. The first-order valence-electron chi connectivity index (χ1n) is 10.1. The second-order valence-corrected chi connectivity index (χ2v) is 8.86. The molecule has 1 aromatic heterocycles. The van der Waals surface area contributed by atoms with Gasteiger partial charge in [0.25, 0.3) is 5.91 Å². The van der Waals surface area contributed by atoms with Crippen LogP contribution in [0.5, 0.6) is 0 Å². The summed E-state index contributed by atoms with van der Waals surface area (Å²) in [5, 5.41) is 0. The molecular weight excluding hydrogens is 328 g/mol. The summed E-state index contributed by atoms with van der Waals surface area (Å²) >= 11 is 0. The maximum atomic E-state index is 13.2. The first-order valence-corrected chi connectivity index (χ1v) is 10.1. The Bertz CT molecular complexity index is 719. The highest BCUT2D eigenvalue weighted by Gasteiger charge is 2.46. The highest BCUT2D eigenvalue weighted by Crippen LogP contribution is 2.42. The van der Waals surface area contributed by atoms with Gasteiger partial charge in [0.2, 0.25) is 5.91 Å². The molecule has 3 aliphatic rings. The molecule has 26 heavy (non-hydrogen) atoms. The molecule has 4 rings (SSSR count). The lowest BCUT2D eigenvalue weighted by Gasteiger charge is -2.48. The third-order valence-electron chi connectivity index (χ3n) is 6.37. The Morgan fingerprint density at radius 2 is 2.04 bits per heavy atom. The van der Waals surface area contributed by atoms with Crippen molar-refractivity contribution in [2.24, 2.45) is 5.41 Å². The summed E-state index contributed by atoms with van der Waals surface area (Å²) in [4.78, 5) is 29.6. The molecule has 1 aromatic rings. The van der Waals surface area contributed by atoms with E-state index in [0.717, 1.165) is 63.3 Å². The Morgan fingerprint density at radius 3 is 2.69 bits per heavy atom. The average molecular weight is 358 g/mol. The van der Waals surface area contributed by atoms with Crippen molar-refractivity contribution in [3.05, 3.63) is 23.2 Å². The van der Waals surface area contributed by atoms with E-state index in [0.29, 0.717) is 23.9 Å². The standard InChI is InChI=1S/C21H30N2O3/c1-14(2)18-11-17(15(3)26-18)20(25)22-10-4-8-21(12-22)9-7-19(24)23(13-21)16-5-6-16/h11,14,16H,4-10,12-13H2,1-3H3/t21-/m0/s1. The molecule has 1 saturated carbocycles. The molecule has 1 spiro atoms. The summed E-state index contributed by atoms with van der Waals surface area (Å²) in [7, 11) is 0. The number of likely N-dealkylation sites (tertiary alicyclic amines) is 2. The van der Waals surface area contributed by atoms with Crippen LogP contribution in [0.2, 0.25) is 0 Å². The Balaban J connectivity index is 1.51. The second kappa shape index (κ2) is 6.43. The number of carbonyl (C=O) groups is 2. The van der Waals surface area contributed by atoms with Crippen molar-refractivity contribution in [1.82, 2.24) is 9.80 Å². The largest absolute Gasteiger partial charge is 0.465 e. The summed E-state index contributed by atoms with van der Waals surface area (Å²) in [6, 6.07) is 2.39. The average Bonchev–Trinajstić information content (AvgIpc) is 3.38. The van der Waals surface area contributed by atoms with Crippen LogP contribution in [0.1, 0.15) is 80.2 Å². The predicted octanol–water partition coefficient (Wildman–Crippen LogP) is 3.72. The first-order chi connectivity index (χ1) is 12.4. The monoisotopic (exact) mass is 358 g/mol. The summed E-state index contributed by atoms with van der Waals surface area (Å²) < 4.78 is 5.80. The van der Waals surface area contributed by atoms with Crippen molar-refractivity contribution < 1.29 is 14.0 Å². The molecule has 1 aliphatic carbocycles. The minimum Gasteiger partial charge on any atom is -0.465 e. The van der Waals surface area contributed by atoms with E-state index in [9.17, 15) is 9.59 Å². The summed E-state index contributed by atoms with van der Waals surface area (Å²) in [6.07, 6.45) is 6.00. The quantitative estimate of drug-likeness (QED) is 0.827. The number of rotatable bonds is 3. The highest BCUT2D eigenvalue weighted by molar-refractivity contribution is 5.95. The minimum atomic E-state index is 0.0862. The van der Waals surface area contributed by atoms with Crippen LogP contribution >= 0.6 is 0 Å². The van der Waals surface area contributed by atoms with Gasteiger partial charge < -0.3 is 14.2 Å². The number of nitrogens with zero attached hydrogens (tertiary/aromatic N) is 2. The van der Waals surface area contributed by atoms with E-state index in [-0.39, 0.29) is 17.2 Å². The molecule has 2 saturated heterocycles. The topological polar surface area (TPSA) is 53.8 Å². The third kappa shape index (κ3) is 3.17. The molecule has 2 amide bonds. The molecule has 5 nitrogen and oxygen atoms in total. The minimum absolute atomic E-state index is 0.0862. The van der Waals surface area contributed by atoms with Crippen LogP contribution in [0.3, 0.4) is 0 Å². The van der Waals surface area contributed by atoms with Gasteiger partial charge in [-0.1, -0.05) is 13.8 Å². The zero-order valence-corrected chi connectivity index (χ0v) is 16.2. The number of aryl methyl sites for hydroxylation is 1. The van der Waals surface area contributed by atoms with E-state index in [4.69, 9.17) is 4.42 Å². The van der Waals surface area contributed by atoms with Crippen molar-refractivity contribution in [3.63, 3.8) is 0 Å². The molecule has 0 radical (unpaired) electrons. The van der Waals surface area contributed by atoms with Gasteiger partial charge in [-0.2, -0.15) is 0 Å². The van der Waals surface area contributed by atoms with Crippen LogP contribution in [0, 0.1) is 12.3 Å². The molecular formula is C21H30N2O3. The Morgan fingerprint density at radius 1 is 1.27 bits per heavy atom. The number of hydrogen-bond acceptors (Lipinski definition) is 3. The molecule has 3 fully saturated rings. The highest BCUT2D eigenvalue weighted by atomic mass is 16.3. The van der Waals surface area contributed by atoms with Crippen molar-refractivity contribution in [3.8, 4) is 0 Å². The van der Waals surface area contributed by atoms with Crippen LogP contribution < -0.4 is 0 Å². The van der Waals surface area contributed by atoms with E-state index < -0.39 is 0 Å². The van der Waals surface area contributed by atoms with Gasteiger partial charge in [0.1, 0.15) is 11.5 Å². The van der Waals surface area contributed by atoms with Gasteiger partial charge in [0, 0.05) is 43.4 Å². The second-order valence-electron chi connectivity index (χ2n) is 8.86. The summed E-state index contributed by atoms with van der Waals surface area (Å²) in [5.74, 6) is 2.28. The lowest BCUT2D eigenvalue weighted by atomic mass is 9.73. The maximum Gasteiger partial charge on any atom is 0.257 e. The van der Waals surface area contributed by atoms with Gasteiger partial charge >= 0.3 is 0 Å². The van der Waals surface area contributed by atoms with Gasteiger partial charge in [-0.15, -0.1) is 0 Å². The summed E-state index contributed by atoms with van der Waals surface area (Å²) in [6.45, 7) is 8.44. The molecule has 0 unspecified atom stereocenters. The maximum absolute atomic E-state index is 13.2. The van der Waals surface area contributed by atoms with Gasteiger partial charge in [-0.05, 0) is 45.1 Å². The Hall–Kier alpha value is -1.78. The zero-order chi connectivity index (χ0) is 18.5. The third-order valence-corrected chi connectivity index (χ3v) is 6.37. The predicted molar refractivity (Wildman–Crippen MR) is 99.1 cm³/mol. The smallest absolute Gasteiger partial charge is 0.257 e. The number of hydrogen-bond donors (Lipinski definition) is 0. The van der Waals surface area contributed by atoms with Crippen LogP contribution in [0.4, 0.5) is 0 Å². The van der Waals surface area contributed by atoms with E-state index in [1.165, 1.54) is 0 Å². The fourth-order valence-corrected chi connectivity index (χ4v) is 4.65. The number of piperidine rings is 2. The van der Waals surface area contributed by atoms with E-state index in [1.54, 1.807) is 0 Å². The molecule has 5 heteroatoms. The normalized spacial score (nSPS) is 26.8. The number of carbonyl (C=O) groups excluding carboxylic acids is 2. The van der Waals surface area contributed by atoms with Crippen LogP contribution in [-0.4, -0.2) is 47.3 Å². The lowest BCUT2D eigenvalue weighted by molar-refractivity contribution is -0.139. The zero-order valence-electron chi connectivity index (χ0n) is 16.2. The Labute approximate surface area is 155 Å². The first kappa shape index (κ1) is 17.6. The van der Waals surface area contributed by atoms with Gasteiger partial charge in [0.05, 0.1) is 5.56 Å². The fourth-order valence-electron chi connectivity index (χ4n) is 4.65. The van der Waals surface area contributed by atoms with Crippen molar-refractivity contribution in [2.45, 2.75) is 71.3 Å². The van der Waals surface area contributed by atoms with E-state index >= 15 is 0 Å². The summed E-state index contributed by atoms with van der Waals surface area (Å²) in [5.41, 5.74) is 0.792. The van der Waals surface area contributed by atoms with Crippen LogP contribution in [-0.2, 0) is 4.79 Å². The molecule has 0 aromatic carbocycles. The van der Waals surface area contributed by atoms with Gasteiger partial charge in [-0.3, -0.25) is 9.59 Å². The fraction of sp³-hybridized carbons (Fsp3) is 0.714. The number of amides is 2. The number of furan rings is 1.